The van der Waals surface area contributed by atoms with E-state index in [-0.39, 0.29) is 35.2 Å². The summed E-state index contributed by atoms with van der Waals surface area (Å²) in [5.74, 6) is -4.12. The summed E-state index contributed by atoms with van der Waals surface area (Å²) < 4.78 is 0. The number of phenols is 1. The van der Waals surface area contributed by atoms with Gasteiger partial charge in [0.1, 0.15) is 5.75 Å². The zero-order valence-corrected chi connectivity index (χ0v) is 13.1. The molecule has 1 rings (SSSR count). The summed E-state index contributed by atoms with van der Waals surface area (Å²) in [5.41, 5.74) is 6.27. The fourth-order valence-corrected chi connectivity index (χ4v) is 1.62. The number of hydrogen-bond donors (Lipinski definition) is 3. The molecule has 0 aliphatic rings. The van der Waals surface area contributed by atoms with Gasteiger partial charge in [0.15, 0.2) is 0 Å². The fourth-order valence-electron chi connectivity index (χ4n) is 1.62. The Balaban J connectivity index is 0.00000441. The minimum atomic E-state index is -1.73. The number of hydrogen-bond acceptors (Lipinski definition) is 7. The maximum absolute atomic E-state index is 11.7. The van der Waals surface area contributed by atoms with Gasteiger partial charge in [-0.05, 0) is 24.1 Å². The van der Waals surface area contributed by atoms with Crippen molar-refractivity contribution in [2.45, 2.75) is 24.9 Å². The van der Waals surface area contributed by atoms with Gasteiger partial charge in [-0.2, -0.15) is 0 Å². The van der Waals surface area contributed by atoms with Crippen molar-refractivity contribution in [3.8, 4) is 5.75 Å². The third-order valence-corrected chi connectivity index (χ3v) is 2.70. The van der Waals surface area contributed by atoms with E-state index < -0.39 is 36.4 Å². The van der Waals surface area contributed by atoms with Crippen molar-refractivity contribution in [2.75, 3.05) is 0 Å². The summed E-state index contributed by atoms with van der Waals surface area (Å²) >= 11 is 0. The standard InChI is InChI=1S/C13H16N2O6.Mg/c14-9(5-7-1-3-8(16)4-2-7)12(19)15-10(13(20)21)6-11(17)18;/h1-4,9-10,16H,5-6,14H2,(H,15,19)(H,17,18)(H,20,21);/q;+2/p-2. The average molecular weight is 319 g/mol. The van der Waals surface area contributed by atoms with E-state index in [2.05, 4.69) is 0 Å². The minimum absolute atomic E-state index is 0. The van der Waals surface area contributed by atoms with Crippen molar-refractivity contribution in [1.29, 1.82) is 0 Å². The summed E-state index contributed by atoms with van der Waals surface area (Å²) in [4.78, 5) is 32.8. The number of amides is 1. The van der Waals surface area contributed by atoms with Crippen molar-refractivity contribution in [3.63, 3.8) is 0 Å². The van der Waals surface area contributed by atoms with E-state index in [9.17, 15) is 24.6 Å². The number of aliphatic carboxylic acids is 2. The second kappa shape index (κ2) is 9.23. The Bertz CT molecular complexity index is 534. The van der Waals surface area contributed by atoms with Gasteiger partial charge in [-0.25, -0.2) is 0 Å². The van der Waals surface area contributed by atoms with Crippen molar-refractivity contribution in [3.05, 3.63) is 29.8 Å². The van der Waals surface area contributed by atoms with E-state index in [0.29, 0.717) is 5.56 Å². The number of carboxylic acids is 2. The van der Waals surface area contributed by atoms with Crippen LogP contribution in [0.3, 0.4) is 0 Å². The summed E-state index contributed by atoms with van der Waals surface area (Å²) in [7, 11) is 0. The van der Waals surface area contributed by atoms with Crippen LogP contribution in [0.4, 0.5) is 0 Å². The van der Waals surface area contributed by atoms with Gasteiger partial charge in [-0.15, -0.1) is 0 Å². The van der Waals surface area contributed by atoms with Crippen LogP contribution in [0.1, 0.15) is 12.0 Å². The van der Waals surface area contributed by atoms with Gasteiger partial charge in [0.2, 0.25) is 5.91 Å². The van der Waals surface area contributed by atoms with E-state index in [1.165, 1.54) is 12.1 Å². The quantitative estimate of drug-likeness (QED) is 0.436. The van der Waals surface area contributed by atoms with Gasteiger partial charge in [0, 0.05) is 12.4 Å². The van der Waals surface area contributed by atoms with Crippen LogP contribution in [-0.2, 0) is 20.8 Å². The molecule has 0 spiro atoms. The van der Waals surface area contributed by atoms with Crippen molar-refractivity contribution in [2.24, 2.45) is 5.73 Å². The van der Waals surface area contributed by atoms with Crippen LogP contribution < -0.4 is 21.3 Å². The first kappa shape index (κ1) is 20.2. The largest absolute Gasteiger partial charge is 2.00 e. The van der Waals surface area contributed by atoms with Crippen LogP contribution in [-0.4, -0.2) is 58.1 Å². The third kappa shape index (κ3) is 6.74. The third-order valence-electron chi connectivity index (χ3n) is 2.70. The minimum Gasteiger partial charge on any atom is -0.550 e. The predicted molar refractivity (Wildman–Crippen MR) is 72.1 cm³/mol. The summed E-state index contributed by atoms with van der Waals surface area (Å²) in [5, 5.41) is 32.2. The monoisotopic (exact) mass is 318 g/mol. The summed E-state index contributed by atoms with van der Waals surface area (Å²) in [6, 6.07) is 3.17. The average Bonchev–Trinajstić information content (AvgIpc) is 2.39. The van der Waals surface area contributed by atoms with Gasteiger partial charge in [-0.3, -0.25) is 4.79 Å². The molecule has 2 unspecified atom stereocenters. The Kier molecular flexibility index (Phi) is 8.46. The molecule has 0 aliphatic carbocycles. The molecule has 0 radical (unpaired) electrons. The Labute approximate surface area is 142 Å². The molecule has 1 aromatic rings. The molecule has 9 heteroatoms. The molecule has 22 heavy (non-hydrogen) atoms. The van der Waals surface area contributed by atoms with Crippen molar-refractivity contribution in [1.82, 2.24) is 5.32 Å². The summed E-state index contributed by atoms with van der Waals surface area (Å²) in [6.45, 7) is 0. The first-order chi connectivity index (χ1) is 9.79. The number of benzene rings is 1. The molecule has 0 saturated heterocycles. The second-order valence-electron chi connectivity index (χ2n) is 4.43. The van der Waals surface area contributed by atoms with E-state index in [0.717, 1.165) is 0 Å². The van der Waals surface area contributed by atoms with E-state index in [1.807, 2.05) is 5.32 Å². The molecule has 2 atom stereocenters. The summed E-state index contributed by atoms with van der Waals surface area (Å²) in [6.07, 6.45) is -0.808. The van der Waals surface area contributed by atoms with Crippen LogP contribution in [0.5, 0.6) is 5.75 Å². The Morgan fingerprint density at radius 2 is 1.73 bits per heavy atom. The topological polar surface area (TPSA) is 156 Å². The van der Waals surface area contributed by atoms with Crippen LogP contribution in [0.15, 0.2) is 24.3 Å². The molecule has 0 saturated carbocycles. The molecule has 0 aliphatic heterocycles. The maximum Gasteiger partial charge on any atom is 2.00 e. The first-order valence-electron chi connectivity index (χ1n) is 6.04. The number of carbonyl (C=O) groups excluding carboxylic acids is 3. The number of phenolic OH excluding ortho intramolecular Hbond substituents is 1. The molecular weight excluding hydrogens is 304 g/mol. The van der Waals surface area contributed by atoms with E-state index in [4.69, 9.17) is 10.8 Å². The number of carbonyl (C=O) groups is 3. The molecule has 0 aromatic heterocycles. The Hall–Kier alpha value is -1.84. The first-order valence-corrected chi connectivity index (χ1v) is 6.04. The van der Waals surface area contributed by atoms with Crippen LogP contribution >= 0.6 is 0 Å². The van der Waals surface area contributed by atoms with Gasteiger partial charge in [0.25, 0.3) is 0 Å². The maximum atomic E-state index is 11.7. The Morgan fingerprint density at radius 1 is 1.18 bits per heavy atom. The number of nitrogens with one attached hydrogen (secondary N) is 1. The molecule has 0 heterocycles. The number of rotatable bonds is 7. The van der Waals surface area contributed by atoms with Crippen molar-refractivity contribution >= 4 is 40.9 Å². The molecular formula is C13H14MgN2O6. The fraction of sp³-hybridized carbons (Fsp3) is 0.308. The van der Waals surface area contributed by atoms with E-state index >= 15 is 0 Å². The van der Waals surface area contributed by atoms with Gasteiger partial charge >= 0.3 is 23.1 Å². The smallest absolute Gasteiger partial charge is 0.550 e. The van der Waals surface area contributed by atoms with Crippen LogP contribution in [0.25, 0.3) is 0 Å². The van der Waals surface area contributed by atoms with Gasteiger partial charge in [0.05, 0.1) is 18.1 Å². The molecule has 8 nitrogen and oxygen atoms in total. The number of carboxylic acid groups (broad SMARTS) is 2. The van der Waals surface area contributed by atoms with Crippen molar-refractivity contribution < 1.29 is 29.7 Å². The molecule has 0 fully saturated rings. The van der Waals surface area contributed by atoms with Crippen LogP contribution in [0.2, 0.25) is 0 Å². The molecule has 4 N–H and O–H groups in total. The predicted octanol–water partition coefficient (Wildman–Crippen LogP) is -3.74. The molecule has 114 valence electrons. The SMILES string of the molecule is NC(Cc1ccc(O)cc1)C(=O)NC(CC(=O)[O-])C(=O)[O-].[Mg+2]. The second-order valence-corrected chi connectivity index (χ2v) is 4.43. The number of nitrogens with two attached hydrogens (primary N) is 1. The van der Waals surface area contributed by atoms with Crippen LogP contribution in [0, 0.1) is 0 Å². The molecule has 1 aromatic carbocycles. The normalized spacial score (nSPS) is 12.6. The van der Waals surface area contributed by atoms with Gasteiger partial charge in [-0.1, -0.05) is 12.1 Å². The molecule has 1 amide bonds. The van der Waals surface area contributed by atoms with Gasteiger partial charge < -0.3 is 36.0 Å². The Morgan fingerprint density at radius 3 is 2.18 bits per heavy atom. The zero-order valence-electron chi connectivity index (χ0n) is 11.7. The van der Waals surface area contributed by atoms with E-state index in [1.54, 1.807) is 12.1 Å². The zero-order chi connectivity index (χ0) is 16.0. The number of aromatic hydroxyl groups is 1. The molecule has 0 bridgehead atoms.